The van der Waals surface area contributed by atoms with Crippen molar-refractivity contribution in [2.75, 3.05) is 19.7 Å². The van der Waals surface area contributed by atoms with Crippen molar-refractivity contribution in [3.8, 4) is 11.3 Å². The number of rotatable bonds is 4. The normalized spacial score (nSPS) is 18.0. The molecule has 0 radical (unpaired) electrons. The Labute approximate surface area is 165 Å². The van der Waals surface area contributed by atoms with Gasteiger partial charge in [-0.2, -0.15) is 0 Å². The Kier molecular flexibility index (Phi) is 5.39. The average molecular weight is 379 g/mol. The summed E-state index contributed by atoms with van der Waals surface area (Å²) in [6.07, 6.45) is 0.0602. The van der Waals surface area contributed by atoms with Crippen LogP contribution in [0.1, 0.15) is 32.7 Å². The van der Waals surface area contributed by atoms with Gasteiger partial charge in [0.2, 0.25) is 0 Å². The summed E-state index contributed by atoms with van der Waals surface area (Å²) in [5, 5.41) is 1.10. The zero-order chi connectivity index (χ0) is 18.8. The molecule has 1 unspecified atom stereocenters. The monoisotopic (exact) mass is 378 g/mol. The quantitative estimate of drug-likeness (QED) is 0.615. The molecule has 1 saturated heterocycles. The van der Waals surface area contributed by atoms with Gasteiger partial charge in [-0.3, -0.25) is 4.90 Å². The van der Waals surface area contributed by atoms with E-state index in [9.17, 15) is 0 Å². The number of morpholine rings is 1. The molecule has 3 aromatic rings. The number of aromatic nitrogens is 1. The predicted molar refractivity (Wildman–Crippen MR) is 112 cm³/mol. The summed E-state index contributed by atoms with van der Waals surface area (Å²) < 4.78 is 6.10. The zero-order valence-corrected chi connectivity index (χ0v) is 17.1. The molecule has 4 heteroatoms. The summed E-state index contributed by atoms with van der Waals surface area (Å²) in [5.74, 6) is 0. The van der Waals surface area contributed by atoms with Gasteiger partial charge in [-0.25, -0.2) is 4.98 Å². The van der Waals surface area contributed by atoms with Crippen LogP contribution in [0.25, 0.3) is 11.3 Å². The molecule has 1 aromatic heterocycles. The molecule has 0 bridgehead atoms. The fourth-order valence-electron chi connectivity index (χ4n) is 3.63. The number of aryl methyl sites for hydroxylation is 3. The van der Waals surface area contributed by atoms with E-state index in [1.54, 1.807) is 11.3 Å². The number of nitrogens with zero attached hydrogens (tertiary/aromatic N) is 2. The van der Waals surface area contributed by atoms with Gasteiger partial charge in [0.15, 0.2) is 0 Å². The molecule has 3 nitrogen and oxygen atoms in total. The molecule has 0 N–H and O–H groups in total. The maximum Gasteiger partial charge on any atom is 0.124 e. The molecule has 0 amide bonds. The van der Waals surface area contributed by atoms with Gasteiger partial charge in [-0.15, -0.1) is 11.3 Å². The Bertz CT molecular complexity index is 919. The van der Waals surface area contributed by atoms with E-state index in [4.69, 9.17) is 9.72 Å². The third-order valence-corrected chi connectivity index (χ3v) is 6.20. The highest BCUT2D eigenvalue weighted by molar-refractivity contribution is 7.12. The van der Waals surface area contributed by atoms with E-state index in [1.807, 2.05) is 0 Å². The third-order valence-electron chi connectivity index (χ3n) is 5.14. The van der Waals surface area contributed by atoms with Crippen molar-refractivity contribution in [2.24, 2.45) is 0 Å². The molecule has 0 aliphatic carbocycles. The molecule has 27 heavy (non-hydrogen) atoms. The van der Waals surface area contributed by atoms with Gasteiger partial charge in [0, 0.05) is 30.1 Å². The molecule has 140 valence electrons. The first-order valence-electron chi connectivity index (χ1n) is 9.53. The van der Waals surface area contributed by atoms with Crippen LogP contribution >= 0.6 is 11.3 Å². The van der Waals surface area contributed by atoms with Crippen molar-refractivity contribution >= 4 is 11.3 Å². The van der Waals surface area contributed by atoms with Crippen LogP contribution in [-0.4, -0.2) is 29.6 Å². The smallest absolute Gasteiger partial charge is 0.124 e. The zero-order valence-electron chi connectivity index (χ0n) is 16.2. The molecular formula is C23H26N2OS. The number of ether oxygens (including phenoxy) is 1. The molecule has 0 saturated carbocycles. The fourth-order valence-corrected chi connectivity index (χ4v) is 4.61. The topological polar surface area (TPSA) is 25.4 Å². The lowest BCUT2D eigenvalue weighted by Gasteiger charge is -2.32. The predicted octanol–water partition coefficient (Wildman–Crippen LogP) is 5.31. The van der Waals surface area contributed by atoms with E-state index in [0.29, 0.717) is 0 Å². The minimum atomic E-state index is 0.0602. The van der Waals surface area contributed by atoms with Crippen LogP contribution in [0.15, 0.2) is 48.5 Å². The van der Waals surface area contributed by atoms with Crippen LogP contribution in [0.2, 0.25) is 0 Å². The summed E-state index contributed by atoms with van der Waals surface area (Å²) >= 11 is 1.78. The van der Waals surface area contributed by atoms with Gasteiger partial charge < -0.3 is 4.74 Å². The van der Waals surface area contributed by atoms with E-state index in [-0.39, 0.29) is 6.10 Å². The van der Waals surface area contributed by atoms with Crippen LogP contribution < -0.4 is 0 Å². The summed E-state index contributed by atoms with van der Waals surface area (Å²) in [4.78, 5) is 8.75. The maximum absolute atomic E-state index is 6.10. The van der Waals surface area contributed by atoms with Crippen LogP contribution in [0.5, 0.6) is 0 Å². The van der Waals surface area contributed by atoms with Crippen LogP contribution in [0, 0.1) is 20.8 Å². The molecule has 1 aliphatic rings. The minimum absolute atomic E-state index is 0.0602. The molecule has 1 fully saturated rings. The standard InChI is InChI=1S/C23H26N2OS/c1-16-9-10-17(2)20(13-16)22-18(3)27-23(24-22)21-15-25(11-12-26-21)14-19-7-5-4-6-8-19/h4-10,13,21H,11-12,14-15H2,1-3H3. The minimum Gasteiger partial charge on any atom is -0.368 e. The lowest BCUT2D eigenvalue weighted by molar-refractivity contribution is -0.0329. The van der Waals surface area contributed by atoms with Crippen LogP contribution in [0.3, 0.4) is 0 Å². The molecular weight excluding hydrogens is 352 g/mol. The Morgan fingerprint density at radius 3 is 2.74 bits per heavy atom. The van der Waals surface area contributed by atoms with Crippen molar-refractivity contribution < 1.29 is 4.74 Å². The van der Waals surface area contributed by atoms with Crippen molar-refractivity contribution in [3.05, 3.63) is 75.1 Å². The van der Waals surface area contributed by atoms with E-state index >= 15 is 0 Å². The van der Waals surface area contributed by atoms with E-state index in [0.717, 1.165) is 36.9 Å². The summed E-state index contributed by atoms with van der Waals surface area (Å²) in [5.41, 5.74) is 6.25. The first kappa shape index (κ1) is 18.4. The van der Waals surface area contributed by atoms with Crippen LogP contribution in [0.4, 0.5) is 0 Å². The number of hydrogen-bond donors (Lipinski definition) is 0. The molecule has 2 aromatic carbocycles. The lowest BCUT2D eigenvalue weighted by Crippen LogP contribution is -2.37. The van der Waals surface area contributed by atoms with Crippen molar-refractivity contribution in [1.82, 2.24) is 9.88 Å². The molecule has 1 atom stereocenters. The fraction of sp³-hybridized carbons (Fsp3) is 0.348. The van der Waals surface area contributed by atoms with E-state index in [2.05, 4.69) is 74.2 Å². The molecule has 1 aliphatic heterocycles. The lowest BCUT2D eigenvalue weighted by atomic mass is 10.0. The van der Waals surface area contributed by atoms with Gasteiger partial charge in [0.25, 0.3) is 0 Å². The first-order chi connectivity index (χ1) is 13.1. The van der Waals surface area contributed by atoms with Gasteiger partial charge in [0.05, 0.1) is 12.3 Å². The first-order valence-corrected chi connectivity index (χ1v) is 10.3. The SMILES string of the molecule is Cc1ccc(C)c(-c2nc(C3CN(Cc4ccccc4)CCO3)sc2C)c1. The summed E-state index contributed by atoms with van der Waals surface area (Å²) in [7, 11) is 0. The van der Waals surface area contributed by atoms with Gasteiger partial charge in [-0.1, -0.05) is 48.0 Å². The maximum atomic E-state index is 6.10. The highest BCUT2D eigenvalue weighted by Gasteiger charge is 2.26. The van der Waals surface area contributed by atoms with Gasteiger partial charge in [-0.05, 0) is 38.0 Å². The van der Waals surface area contributed by atoms with Crippen molar-refractivity contribution in [3.63, 3.8) is 0 Å². The van der Waals surface area contributed by atoms with Crippen molar-refractivity contribution in [2.45, 2.75) is 33.4 Å². The second kappa shape index (κ2) is 7.93. The Balaban J connectivity index is 1.54. The second-order valence-corrected chi connectivity index (χ2v) is 8.59. The van der Waals surface area contributed by atoms with Crippen molar-refractivity contribution in [1.29, 1.82) is 0 Å². The Morgan fingerprint density at radius 2 is 1.93 bits per heavy atom. The number of thiazole rings is 1. The van der Waals surface area contributed by atoms with Crippen LogP contribution in [-0.2, 0) is 11.3 Å². The highest BCUT2D eigenvalue weighted by atomic mass is 32.1. The Morgan fingerprint density at radius 1 is 1.11 bits per heavy atom. The second-order valence-electron chi connectivity index (χ2n) is 7.36. The molecule has 2 heterocycles. The summed E-state index contributed by atoms with van der Waals surface area (Å²) in [6.45, 7) is 10.1. The summed E-state index contributed by atoms with van der Waals surface area (Å²) in [6, 6.07) is 17.2. The number of hydrogen-bond acceptors (Lipinski definition) is 4. The van der Waals surface area contributed by atoms with Gasteiger partial charge >= 0.3 is 0 Å². The third kappa shape index (κ3) is 4.13. The highest BCUT2D eigenvalue weighted by Crippen LogP contribution is 2.35. The number of benzene rings is 2. The molecule has 4 rings (SSSR count). The molecule has 0 spiro atoms. The largest absolute Gasteiger partial charge is 0.368 e. The average Bonchev–Trinajstić information content (AvgIpc) is 3.06. The Hall–Kier alpha value is -2.01. The van der Waals surface area contributed by atoms with E-state index < -0.39 is 0 Å². The van der Waals surface area contributed by atoms with E-state index in [1.165, 1.54) is 27.1 Å². The van der Waals surface area contributed by atoms with Gasteiger partial charge in [0.1, 0.15) is 11.1 Å².